The minimum atomic E-state index is -0.866. The van der Waals surface area contributed by atoms with Gasteiger partial charge in [0.05, 0.1) is 5.92 Å². The van der Waals surface area contributed by atoms with Crippen molar-refractivity contribution in [2.24, 2.45) is 11.1 Å². The quantitative estimate of drug-likeness (QED) is 0.865. The lowest BCUT2D eigenvalue weighted by Gasteiger charge is -2.33. The zero-order valence-electron chi connectivity index (χ0n) is 13.2. The van der Waals surface area contributed by atoms with Crippen LogP contribution in [0.2, 0.25) is 0 Å². The van der Waals surface area contributed by atoms with Gasteiger partial charge in [-0.3, -0.25) is 4.79 Å². The smallest absolute Gasteiger partial charge is 0.312 e. The summed E-state index contributed by atoms with van der Waals surface area (Å²) >= 11 is 0. The van der Waals surface area contributed by atoms with Crippen LogP contribution >= 0.6 is 0 Å². The molecule has 0 saturated carbocycles. The van der Waals surface area contributed by atoms with Crippen LogP contribution in [-0.2, 0) is 10.2 Å². The molecule has 1 unspecified atom stereocenters. The zero-order chi connectivity index (χ0) is 15.6. The van der Waals surface area contributed by atoms with E-state index in [1.165, 1.54) is 5.56 Å². The van der Waals surface area contributed by atoms with E-state index in [1.807, 2.05) is 24.3 Å². The minimum Gasteiger partial charge on any atom is -0.481 e. The number of carboxylic acids is 1. The van der Waals surface area contributed by atoms with Crippen molar-refractivity contribution >= 4 is 5.97 Å². The molecule has 0 aliphatic rings. The second-order valence-electron chi connectivity index (χ2n) is 7.37. The van der Waals surface area contributed by atoms with Crippen molar-refractivity contribution < 1.29 is 9.90 Å². The van der Waals surface area contributed by atoms with Crippen LogP contribution in [0.4, 0.5) is 0 Å². The van der Waals surface area contributed by atoms with Gasteiger partial charge in [0.15, 0.2) is 0 Å². The molecule has 3 N–H and O–H groups in total. The first-order chi connectivity index (χ1) is 9.07. The minimum absolute atomic E-state index is 0.0677. The molecule has 0 saturated heterocycles. The molecular weight excluding hydrogens is 250 g/mol. The highest BCUT2D eigenvalue weighted by Gasteiger charge is 2.27. The molecule has 0 aromatic heterocycles. The highest BCUT2D eigenvalue weighted by molar-refractivity contribution is 5.76. The van der Waals surface area contributed by atoms with E-state index in [0.29, 0.717) is 0 Å². The molecular formula is C17H27NO2. The maximum Gasteiger partial charge on any atom is 0.312 e. The number of carboxylic acid groups (broad SMARTS) is 1. The Morgan fingerprint density at radius 2 is 1.65 bits per heavy atom. The van der Waals surface area contributed by atoms with Gasteiger partial charge >= 0.3 is 5.97 Å². The fourth-order valence-corrected chi connectivity index (χ4v) is 2.97. The van der Waals surface area contributed by atoms with Gasteiger partial charge in [-0.05, 0) is 28.4 Å². The molecule has 3 nitrogen and oxygen atoms in total. The van der Waals surface area contributed by atoms with E-state index in [4.69, 9.17) is 10.8 Å². The van der Waals surface area contributed by atoms with Crippen LogP contribution in [-0.4, -0.2) is 17.6 Å². The van der Waals surface area contributed by atoms with Gasteiger partial charge in [0, 0.05) is 6.54 Å². The van der Waals surface area contributed by atoms with E-state index in [2.05, 4.69) is 34.6 Å². The van der Waals surface area contributed by atoms with Crippen LogP contribution < -0.4 is 5.73 Å². The third kappa shape index (κ3) is 4.34. The molecule has 1 aromatic carbocycles. The number of hydrogen-bond acceptors (Lipinski definition) is 2. The van der Waals surface area contributed by atoms with Gasteiger partial charge < -0.3 is 10.8 Å². The zero-order valence-corrected chi connectivity index (χ0v) is 13.2. The molecule has 0 spiro atoms. The van der Waals surface area contributed by atoms with E-state index in [-0.39, 0.29) is 17.4 Å². The normalized spacial score (nSPS) is 14.1. The van der Waals surface area contributed by atoms with Crippen molar-refractivity contribution in [1.29, 1.82) is 0 Å². The third-order valence-corrected chi connectivity index (χ3v) is 3.60. The molecule has 0 aliphatic heterocycles. The molecule has 1 rings (SSSR count). The lowest BCUT2D eigenvalue weighted by molar-refractivity contribution is -0.138. The van der Waals surface area contributed by atoms with Gasteiger partial charge in [-0.25, -0.2) is 0 Å². The lowest BCUT2D eigenvalue weighted by Crippen LogP contribution is -2.25. The van der Waals surface area contributed by atoms with Crippen molar-refractivity contribution in [3.05, 3.63) is 35.4 Å². The van der Waals surface area contributed by atoms with Crippen LogP contribution in [0.1, 0.15) is 58.1 Å². The number of rotatable bonds is 5. The molecule has 0 fully saturated rings. The maximum atomic E-state index is 11.1. The summed E-state index contributed by atoms with van der Waals surface area (Å²) in [5.74, 6) is -1.48. The van der Waals surface area contributed by atoms with E-state index >= 15 is 0 Å². The van der Waals surface area contributed by atoms with Crippen molar-refractivity contribution in [3.63, 3.8) is 0 Å². The first kappa shape index (κ1) is 16.7. The molecule has 0 heterocycles. The first-order valence-electron chi connectivity index (χ1n) is 7.10. The molecule has 3 heteroatoms. The van der Waals surface area contributed by atoms with Crippen molar-refractivity contribution in [2.45, 2.75) is 52.4 Å². The molecule has 112 valence electrons. The number of aliphatic carboxylic acids is 1. The monoisotopic (exact) mass is 277 g/mol. The Labute approximate surface area is 122 Å². The maximum absolute atomic E-state index is 11.1. The Morgan fingerprint density at radius 3 is 2.00 bits per heavy atom. The average Bonchev–Trinajstić information content (AvgIpc) is 2.27. The van der Waals surface area contributed by atoms with Gasteiger partial charge in [-0.15, -0.1) is 0 Å². The molecule has 0 radical (unpaired) electrons. The highest BCUT2D eigenvalue weighted by Crippen LogP contribution is 2.36. The summed E-state index contributed by atoms with van der Waals surface area (Å²) in [5.41, 5.74) is 7.86. The number of hydrogen-bond donors (Lipinski definition) is 2. The Balaban J connectivity index is 2.99. The van der Waals surface area contributed by atoms with E-state index in [0.717, 1.165) is 12.0 Å². The summed E-state index contributed by atoms with van der Waals surface area (Å²) in [6.07, 6.45) is 1.07. The van der Waals surface area contributed by atoms with E-state index in [1.54, 1.807) is 0 Å². The van der Waals surface area contributed by atoms with Gasteiger partial charge in [-0.2, -0.15) is 0 Å². The van der Waals surface area contributed by atoms with Gasteiger partial charge in [0.1, 0.15) is 0 Å². The van der Waals surface area contributed by atoms with Gasteiger partial charge in [0.2, 0.25) is 0 Å². The Kier molecular flexibility index (Phi) is 4.98. The van der Waals surface area contributed by atoms with E-state index < -0.39 is 11.9 Å². The highest BCUT2D eigenvalue weighted by atomic mass is 16.4. The number of nitrogens with two attached hydrogens (primary N) is 1. The summed E-state index contributed by atoms with van der Waals surface area (Å²) in [6.45, 7) is 11.3. The molecule has 1 aromatic rings. The average molecular weight is 277 g/mol. The summed E-state index contributed by atoms with van der Waals surface area (Å²) in [4.78, 5) is 11.1. The Bertz CT molecular complexity index is 455. The lowest BCUT2D eigenvalue weighted by atomic mass is 9.72. The predicted octanol–water partition coefficient (Wildman–Crippen LogP) is 3.53. The van der Waals surface area contributed by atoms with Gasteiger partial charge in [-0.1, -0.05) is 58.9 Å². The fraction of sp³-hybridized carbons (Fsp3) is 0.588. The Morgan fingerprint density at radius 1 is 1.15 bits per heavy atom. The molecule has 0 bridgehead atoms. The van der Waals surface area contributed by atoms with Crippen molar-refractivity contribution in [2.75, 3.05) is 6.54 Å². The van der Waals surface area contributed by atoms with Crippen LogP contribution in [0.25, 0.3) is 0 Å². The summed E-state index contributed by atoms with van der Waals surface area (Å²) < 4.78 is 0. The van der Waals surface area contributed by atoms with Crippen molar-refractivity contribution in [3.8, 4) is 0 Å². The summed E-state index contributed by atoms with van der Waals surface area (Å²) in [6, 6.07) is 7.86. The molecule has 0 amide bonds. The third-order valence-electron chi connectivity index (χ3n) is 3.60. The second kappa shape index (κ2) is 5.96. The topological polar surface area (TPSA) is 63.3 Å². The molecule has 20 heavy (non-hydrogen) atoms. The standard InChI is InChI=1S/C17H27NO2/c1-16(2,3)11-17(4,5)13-8-6-12(7-9-13)14(10-18)15(19)20/h6-9,14H,10-11,18H2,1-5H3,(H,19,20). The molecule has 0 aliphatic carbocycles. The van der Waals surface area contributed by atoms with Crippen LogP contribution in [0, 0.1) is 5.41 Å². The van der Waals surface area contributed by atoms with Crippen LogP contribution in [0.5, 0.6) is 0 Å². The van der Waals surface area contributed by atoms with Gasteiger partial charge in [0.25, 0.3) is 0 Å². The molecule has 1 atom stereocenters. The SMILES string of the molecule is CC(C)(C)CC(C)(C)c1ccc(C(CN)C(=O)O)cc1. The second-order valence-corrected chi connectivity index (χ2v) is 7.37. The van der Waals surface area contributed by atoms with Crippen LogP contribution in [0.15, 0.2) is 24.3 Å². The van der Waals surface area contributed by atoms with Crippen LogP contribution in [0.3, 0.4) is 0 Å². The van der Waals surface area contributed by atoms with E-state index in [9.17, 15) is 4.79 Å². The summed E-state index contributed by atoms with van der Waals surface area (Å²) in [7, 11) is 0. The van der Waals surface area contributed by atoms with Crippen molar-refractivity contribution in [1.82, 2.24) is 0 Å². The summed E-state index contributed by atoms with van der Waals surface area (Å²) in [5, 5.41) is 9.13. The number of carbonyl (C=O) groups is 1. The first-order valence-corrected chi connectivity index (χ1v) is 7.10. The largest absolute Gasteiger partial charge is 0.481 e. The predicted molar refractivity (Wildman–Crippen MR) is 83.0 cm³/mol. The number of benzene rings is 1. The Hall–Kier alpha value is -1.35. The fourth-order valence-electron chi connectivity index (χ4n) is 2.97.